The lowest BCUT2D eigenvalue weighted by Gasteiger charge is -2.27. The fourth-order valence-corrected chi connectivity index (χ4v) is 4.09. The second-order valence-corrected chi connectivity index (χ2v) is 7.73. The molecule has 0 N–H and O–H groups in total. The fraction of sp³-hybridized carbons (Fsp3) is 0.579. The van der Waals surface area contributed by atoms with Crippen LogP contribution in [-0.2, 0) is 38.0 Å². The average Bonchev–Trinajstić information content (AvgIpc) is 3.18. The van der Waals surface area contributed by atoms with E-state index in [1.165, 1.54) is 12.0 Å². The van der Waals surface area contributed by atoms with Crippen LogP contribution < -0.4 is 0 Å². The molecule has 0 aliphatic carbocycles. The SMILES string of the molecule is COC(=O)C1(C)CC(=O)N2C[C@H](OCc3cc(C(F)(F)F)cc(C(F)(F)F)c3)CC21. The molecule has 2 saturated heterocycles. The number of fused-ring (bicyclic) bond motifs is 1. The Morgan fingerprint density at radius 1 is 1.13 bits per heavy atom. The summed E-state index contributed by atoms with van der Waals surface area (Å²) in [5.41, 5.74) is -4.21. The van der Waals surface area contributed by atoms with Gasteiger partial charge >= 0.3 is 18.3 Å². The number of benzene rings is 1. The molecule has 11 heteroatoms. The highest BCUT2D eigenvalue weighted by molar-refractivity contribution is 5.90. The van der Waals surface area contributed by atoms with Crippen molar-refractivity contribution in [3.8, 4) is 0 Å². The van der Waals surface area contributed by atoms with E-state index in [4.69, 9.17) is 9.47 Å². The number of halogens is 6. The quantitative estimate of drug-likeness (QED) is 0.529. The van der Waals surface area contributed by atoms with Crippen molar-refractivity contribution >= 4 is 11.9 Å². The Labute approximate surface area is 167 Å². The van der Waals surface area contributed by atoms with Crippen molar-refractivity contribution in [1.29, 1.82) is 0 Å². The van der Waals surface area contributed by atoms with E-state index in [0.29, 0.717) is 12.1 Å². The molecule has 3 rings (SSSR count). The van der Waals surface area contributed by atoms with Gasteiger partial charge in [0.15, 0.2) is 0 Å². The normalized spacial score (nSPS) is 26.8. The summed E-state index contributed by atoms with van der Waals surface area (Å²) >= 11 is 0. The van der Waals surface area contributed by atoms with Crippen molar-refractivity contribution < 1.29 is 45.4 Å². The van der Waals surface area contributed by atoms with E-state index in [9.17, 15) is 35.9 Å². The smallest absolute Gasteiger partial charge is 0.416 e. The Bertz CT molecular complexity index is 820. The van der Waals surface area contributed by atoms with Gasteiger partial charge in [-0.1, -0.05) is 0 Å². The first-order chi connectivity index (χ1) is 13.8. The van der Waals surface area contributed by atoms with E-state index in [1.54, 1.807) is 6.92 Å². The molecule has 30 heavy (non-hydrogen) atoms. The number of amides is 1. The molecule has 2 aliphatic rings. The Morgan fingerprint density at radius 3 is 2.20 bits per heavy atom. The molecule has 2 unspecified atom stereocenters. The van der Waals surface area contributed by atoms with Crippen molar-refractivity contribution in [3.05, 3.63) is 34.9 Å². The molecule has 2 heterocycles. The first kappa shape index (κ1) is 22.4. The van der Waals surface area contributed by atoms with Crippen LogP contribution in [0.25, 0.3) is 0 Å². The first-order valence-electron chi connectivity index (χ1n) is 9.03. The van der Waals surface area contributed by atoms with Gasteiger partial charge in [0.2, 0.25) is 5.91 Å². The van der Waals surface area contributed by atoms with Gasteiger partial charge in [0.05, 0.1) is 42.4 Å². The molecule has 166 valence electrons. The van der Waals surface area contributed by atoms with Gasteiger partial charge in [-0.2, -0.15) is 26.3 Å². The lowest BCUT2D eigenvalue weighted by molar-refractivity contribution is -0.153. The fourth-order valence-electron chi connectivity index (χ4n) is 4.09. The van der Waals surface area contributed by atoms with Gasteiger partial charge in [-0.15, -0.1) is 0 Å². The lowest BCUT2D eigenvalue weighted by Crippen LogP contribution is -2.40. The molecule has 2 aliphatic heterocycles. The maximum absolute atomic E-state index is 13.0. The Hall–Kier alpha value is -2.30. The van der Waals surface area contributed by atoms with E-state index in [0.717, 1.165) is 0 Å². The highest BCUT2D eigenvalue weighted by Crippen LogP contribution is 2.45. The molecular weight excluding hydrogens is 420 g/mol. The number of hydrogen-bond donors (Lipinski definition) is 0. The molecule has 0 radical (unpaired) electrons. The van der Waals surface area contributed by atoms with Gasteiger partial charge in [0.25, 0.3) is 0 Å². The molecule has 3 atom stereocenters. The van der Waals surface area contributed by atoms with Crippen LogP contribution >= 0.6 is 0 Å². The van der Waals surface area contributed by atoms with Crippen LogP contribution in [0.1, 0.15) is 36.5 Å². The van der Waals surface area contributed by atoms with Crippen molar-refractivity contribution in [2.24, 2.45) is 5.41 Å². The number of ether oxygens (including phenoxy) is 2. The molecule has 0 bridgehead atoms. The van der Waals surface area contributed by atoms with Crippen LogP contribution in [0.4, 0.5) is 26.3 Å². The van der Waals surface area contributed by atoms with E-state index >= 15 is 0 Å². The third-order valence-corrected chi connectivity index (χ3v) is 5.62. The summed E-state index contributed by atoms with van der Waals surface area (Å²) in [7, 11) is 1.20. The van der Waals surface area contributed by atoms with Gasteiger partial charge < -0.3 is 14.4 Å². The van der Waals surface area contributed by atoms with Gasteiger partial charge in [-0.05, 0) is 37.1 Å². The molecule has 0 spiro atoms. The molecule has 1 aromatic carbocycles. The van der Waals surface area contributed by atoms with Crippen LogP contribution in [0.15, 0.2) is 18.2 Å². The number of carbonyl (C=O) groups is 2. The number of nitrogens with zero attached hydrogens (tertiary/aromatic N) is 1. The molecule has 1 aromatic rings. The van der Waals surface area contributed by atoms with Crippen LogP contribution in [0.3, 0.4) is 0 Å². The third-order valence-electron chi connectivity index (χ3n) is 5.62. The summed E-state index contributed by atoms with van der Waals surface area (Å²) < 4.78 is 88.2. The standard InChI is InChI=1S/C19H19F6NO4/c1-17(16(28)29-2)7-15(27)26-8-13(6-14(17)26)30-9-10-3-11(18(20,21)22)5-12(4-10)19(23,24)25/h3-5,13-14H,6-9H2,1-2H3/t13-,14?,17?/m1/s1. The molecule has 0 aromatic heterocycles. The first-order valence-corrected chi connectivity index (χ1v) is 9.03. The minimum absolute atomic E-state index is 0.0281. The van der Waals surface area contributed by atoms with Crippen molar-refractivity contribution in [1.82, 2.24) is 4.90 Å². The second kappa shape index (κ2) is 7.44. The number of carbonyl (C=O) groups excluding carboxylic acids is 2. The minimum atomic E-state index is -4.94. The molecular formula is C19H19F6NO4. The van der Waals surface area contributed by atoms with Gasteiger partial charge in [-0.25, -0.2) is 0 Å². The van der Waals surface area contributed by atoms with E-state index < -0.39 is 53.6 Å². The van der Waals surface area contributed by atoms with E-state index in [2.05, 4.69) is 0 Å². The summed E-state index contributed by atoms with van der Waals surface area (Å²) in [6.45, 7) is 1.19. The zero-order valence-electron chi connectivity index (χ0n) is 16.1. The highest BCUT2D eigenvalue weighted by atomic mass is 19.4. The van der Waals surface area contributed by atoms with Crippen LogP contribution in [0.2, 0.25) is 0 Å². The minimum Gasteiger partial charge on any atom is -0.469 e. The Balaban J connectivity index is 1.75. The van der Waals surface area contributed by atoms with Crippen molar-refractivity contribution in [3.63, 3.8) is 0 Å². The number of hydrogen-bond acceptors (Lipinski definition) is 4. The zero-order valence-corrected chi connectivity index (χ0v) is 16.1. The molecule has 1 amide bonds. The van der Waals surface area contributed by atoms with Gasteiger partial charge in [0.1, 0.15) is 0 Å². The maximum Gasteiger partial charge on any atom is 0.416 e. The monoisotopic (exact) mass is 439 g/mol. The van der Waals surface area contributed by atoms with Crippen LogP contribution in [0, 0.1) is 5.41 Å². The predicted molar refractivity (Wildman–Crippen MR) is 89.9 cm³/mol. The Morgan fingerprint density at radius 2 is 1.70 bits per heavy atom. The molecule has 2 fully saturated rings. The number of esters is 1. The van der Waals surface area contributed by atoms with Crippen LogP contribution in [0.5, 0.6) is 0 Å². The number of methoxy groups -OCH3 is 1. The summed E-state index contributed by atoms with van der Waals surface area (Å²) in [5.74, 6) is -0.839. The number of alkyl halides is 6. The largest absolute Gasteiger partial charge is 0.469 e. The topological polar surface area (TPSA) is 55.8 Å². The van der Waals surface area contributed by atoms with Crippen LogP contribution in [-0.4, -0.2) is 42.6 Å². The predicted octanol–water partition coefficient (Wildman–Crippen LogP) is 3.79. The van der Waals surface area contributed by atoms with Gasteiger partial charge in [0, 0.05) is 13.0 Å². The molecule has 5 nitrogen and oxygen atoms in total. The van der Waals surface area contributed by atoms with Crippen molar-refractivity contribution in [2.75, 3.05) is 13.7 Å². The summed E-state index contributed by atoms with van der Waals surface area (Å²) in [4.78, 5) is 25.8. The average molecular weight is 439 g/mol. The zero-order chi connectivity index (χ0) is 22.5. The highest BCUT2D eigenvalue weighted by Gasteiger charge is 2.57. The van der Waals surface area contributed by atoms with E-state index in [-0.39, 0.29) is 36.9 Å². The molecule has 0 saturated carbocycles. The van der Waals surface area contributed by atoms with Crippen molar-refractivity contribution in [2.45, 2.75) is 50.9 Å². The lowest BCUT2D eigenvalue weighted by atomic mass is 9.81. The summed E-state index contributed by atoms with van der Waals surface area (Å²) in [6.07, 6.45) is -10.3. The number of rotatable bonds is 4. The van der Waals surface area contributed by atoms with E-state index in [1.807, 2.05) is 0 Å². The summed E-state index contributed by atoms with van der Waals surface area (Å²) in [6, 6.07) is 0.759. The third kappa shape index (κ3) is 4.12. The maximum atomic E-state index is 13.0. The Kier molecular flexibility index (Phi) is 5.55. The summed E-state index contributed by atoms with van der Waals surface area (Å²) in [5, 5.41) is 0. The second-order valence-electron chi connectivity index (χ2n) is 7.73. The van der Waals surface area contributed by atoms with Gasteiger partial charge in [-0.3, -0.25) is 9.59 Å².